The SMILES string of the molecule is COc1ncc(-c2c(C)noc2C)cc1Nc1ccc(F)cc1. The standard InChI is InChI=1S/C17H16FN3O2/c1-10-16(11(2)23-21-10)12-8-15(17(22-3)19-9-12)20-14-6-4-13(18)5-7-14/h4-9,20H,1-3H3. The van der Waals surface area contributed by atoms with Crippen LogP contribution in [0.4, 0.5) is 15.8 Å². The van der Waals surface area contributed by atoms with Gasteiger partial charge >= 0.3 is 0 Å². The minimum absolute atomic E-state index is 0.287. The van der Waals surface area contributed by atoms with Crippen molar-refractivity contribution in [2.45, 2.75) is 13.8 Å². The highest BCUT2D eigenvalue weighted by molar-refractivity contribution is 5.74. The maximum atomic E-state index is 13.0. The van der Waals surface area contributed by atoms with Crippen molar-refractivity contribution >= 4 is 11.4 Å². The summed E-state index contributed by atoms with van der Waals surface area (Å²) < 4.78 is 23.5. The zero-order chi connectivity index (χ0) is 16.4. The van der Waals surface area contributed by atoms with Gasteiger partial charge in [0.05, 0.1) is 12.8 Å². The van der Waals surface area contributed by atoms with Gasteiger partial charge in [-0.2, -0.15) is 0 Å². The third-order valence-electron chi connectivity index (χ3n) is 3.49. The van der Waals surface area contributed by atoms with Crippen LogP contribution in [0.3, 0.4) is 0 Å². The molecule has 0 unspecified atom stereocenters. The molecule has 5 nitrogen and oxygen atoms in total. The molecule has 0 saturated carbocycles. The maximum absolute atomic E-state index is 13.0. The minimum atomic E-state index is -0.287. The van der Waals surface area contributed by atoms with Gasteiger partial charge in [0.2, 0.25) is 5.88 Å². The monoisotopic (exact) mass is 313 g/mol. The van der Waals surface area contributed by atoms with E-state index in [2.05, 4.69) is 15.5 Å². The van der Waals surface area contributed by atoms with Crippen molar-refractivity contribution in [2.24, 2.45) is 0 Å². The van der Waals surface area contributed by atoms with Crippen LogP contribution in [-0.2, 0) is 0 Å². The molecule has 6 heteroatoms. The molecule has 0 bridgehead atoms. The summed E-state index contributed by atoms with van der Waals surface area (Å²) in [6, 6.07) is 7.98. The smallest absolute Gasteiger partial charge is 0.237 e. The number of anilines is 2. The van der Waals surface area contributed by atoms with Gasteiger partial charge in [-0.1, -0.05) is 5.16 Å². The van der Waals surface area contributed by atoms with Crippen LogP contribution >= 0.6 is 0 Å². The number of aryl methyl sites for hydroxylation is 2. The van der Waals surface area contributed by atoms with Crippen LogP contribution in [0.25, 0.3) is 11.1 Å². The van der Waals surface area contributed by atoms with Crippen LogP contribution in [0, 0.1) is 19.7 Å². The molecule has 0 radical (unpaired) electrons. The lowest BCUT2D eigenvalue weighted by Crippen LogP contribution is -1.98. The van der Waals surface area contributed by atoms with E-state index in [1.165, 1.54) is 12.1 Å². The van der Waals surface area contributed by atoms with Crippen LogP contribution in [0.2, 0.25) is 0 Å². The molecule has 2 heterocycles. The molecule has 0 amide bonds. The number of nitrogens with zero attached hydrogens (tertiary/aromatic N) is 2. The first-order chi connectivity index (χ1) is 11.1. The van der Waals surface area contributed by atoms with E-state index >= 15 is 0 Å². The first kappa shape index (κ1) is 15.0. The fraction of sp³-hybridized carbons (Fsp3) is 0.176. The molecule has 0 aliphatic heterocycles. The first-order valence-electron chi connectivity index (χ1n) is 7.08. The van der Waals surface area contributed by atoms with Crippen LogP contribution < -0.4 is 10.1 Å². The van der Waals surface area contributed by atoms with Gasteiger partial charge in [0.1, 0.15) is 17.3 Å². The van der Waals surface area contributed by atoms with Crippen LogP contribution in [0.15, 0.2) is 41.1 Å². The second-order valence-corrected chi connectivity index (χ2v) is 5.11. The number of aromatic nitrogens is 2. The maximum Gasteiger partial charge on any atom is 0.237 e. The molecule has 23 heavy (non-hydrogen) atoms. The number of hydrogen-bond donors (Lipinski definition) is 1. The Kier molecular flexibility index (Phi) is 3.97. The van der Waals surface area contributed by atoms with E-state index in [9.17, 15) is 4.39 Å². The van der Waals surface area contributed by atoms with E-state index < -0.39 is 0 Å². The molecule has 0 aliphatic rings. The highest BCUT2D eigenvalue weighted by Crippen LogP contribution is 2.33. The predicted octanol–water partition coefficient (Wildman–Crippen LogP) is 4.24. The third kappa shape index (κ3) is 3.01. The molecule has 0 atom stereocenters. The second-order valence-electron chi connectivity index (χ2n) is 5.11. The fourth-order valence-electron chi connectivity index (χ4n) is 2.42. The lowest BCUT2D eigenvalue weighted by atomic mass is 10.1. The predicted molar refractivity (Wildman–Crippen MR) is 85.4 cm³/mol. The van der Waals surface area contributed by atoms with Crippen molar-refractivity contribution in [3.63, 3.8) is 0 Å². The van der Waals surface area contributed by atoms with Crippen LogP contribution in [0.5, 0.6) is 5.88 Å². The zero-order valence-corrected chi connectivity index (χ0v) is 13.1. The van der Waals surface area contributed by atoms with Gasteiger partial charge in [0.25, 0.3) is 0 Å². The number of benzene rings is 1. The molecule has 1 aromatic carbocycles. The Hall–Kier alpha value is -2.89. The molecule has 3 aromatic rings. The number of halogens is 1. The lowest BCUT2D eigenvalue weighted by molar-refractivity contribution is 0.393. The third-order valence-corrected chi connectivity index (χ3v) is 3.49. The van der Waals surface area contributed by atoms with Gasteiger partial charge in [-0.05, 0) is 44.2 Å². The molecule has 2 aromatic heterocycles. The van der Waals surface area contributed by atoms with Gasteiger partial charge in [-0.3, -0.25) is 0 Å². The number of pyridine rings is 1. The van der Waals surface area contributed by atoms with Crippen molar-refractivity contribution < 1.29 is 13.7 Å². The largest absolute Gasteiger partial charge is 0.480 e. The number of methoxy groups -OCH3 is 1. The van der Waals surface area contributed by atoms with Gasteiger partial charge in [-0.25, -0.2) is 9.37 Å². The van der Waals surface area contributed by atoms with Gasteiger partial charge in [-0.15, -0.1) is 0 Å². The van der Waals surface area contributed by atoms with Crippen LogP contribution in [-0.4, -0.2) is 17.3 Å². The number of ether oxygens (including phenoxy) is 1. The Morgan fingerprint density at radius 2 is 1.91 bits per heavy atom. The summed E-state index contributed by atoms with van der Waals surface area (Å²) in [5.41, 5.74) is 3.98. The summed E-state index contributed by atoms with van der Waals surface area (Å²) in [7, 11) is 1.55. The molecule has 118 valence electrons. The zero-order valence-electron chi connectivity index (χ0n) is 13.1. The van der Waals surface area contributed by atoms with E-state index in [4.69, 9.17) is 9.26 Å². The van der Waals surface area contributed by atoms with Crippen molar-refractivity contribution in [3.8, 4) is 17.0 Å². The molecule has 3 rings (SSSR count). The van der Waals surface area contributed by atoms with E-state index in [1.807, 2.05) is 19.9 Å². The first-order valence-corrected chi connectivity index (χ1v) is 7.08. The van der Waals surface area contributed by atoms with Gasteiger partial charge in [0.15, 0.2) is 0 Å². The van der Waals surface area contributed by atoms with Crippen molar-refractivity contribution in [1.29, 1.82) is 0 Å². The quantitative estimate of drug-likeness (QED) is 0.780. The average molecular weight is 313 g/mol. The minimum Gasteiger partial charge on any atom is -0.480 e. The Balaban J connectivity index is 2.01. The van der Waals surface area contributed by atoms with Gasteiger partial charge in [0, 0.05) is 23.0 Å². The molecular weight excluding hydrogens is 297 g/mol. The molecule has 0 saturated heterocycles. The highest BCUT2D eigenvalue weighted by Gasteiger charge is 2.15. The number of nitrogens with one attached hydrogen (secondary N) is 1. The van der Waals surface area contributed by atoms with E-state index in [-0.39, 0.29) is 5.82 Å². The van der Waals surface area contributed by atoms with Crippen molar-refractivity contribution in [1.82, 2.24) is 10.1 Å². The Morgan fingerprint density at radius 1 is 1.17 bits per heavy atom. The van der Waals surface area contributed by atoms with Crippen LogP contribution in [0.1, 0.15) is 11.5 Å². The number of rotatable bonds is 4. The summed E-state index contributed by atoms with van der Waals surface area (Å²) in [5.74, 6) is 0.886. The molecule has 0 fully saturated rings. The number of hydrogen-bond acceptors (Lipinski definition) is 5. The molecule has 0 spiro atoms. The highest BCUT2D eigenvalue weighted by atomic mass is 19.1. The Morgan fingerprint density at radius 3 is 2.52 bits per heavy atom. The summed E-state index contributed by atoms with van der Waals surface area (Å²) in [4.78, 5) is 4.32. The lowest BCUT2D eigenvalue weighted by Gasteiger charge is -2.12. The Labute approximate surface area is 133 Å². The van der Waals surface area contributed by atoms with E-state index in [0.717, 1.165) is 28.3 Å². The molecular formula is C17H16FN3O2. The summed E-state index contributed by atoms with van der Waals surface area (Å²) >= 11 is 0. The summed E-state index contributed by atoms with van der Waals surface area (Å²) in [6.07, 6.45) is 1.71. The summed E-state index contributed by atoms with van der Waals surface area (Å²) in [5, 5.41) is 7.15. The average Bonchev–Trinajstić information content (AvgIpc) is 2.88. The van der Waals surface area contributed by atoms with Crippen molar-refractivity contribution in [2.75, 3.05) is 12.4 Å². The van der Waals surface area contributed by atoms with E-state index in [1.54, 1.807) is 25.4 Å². The Bertz CT molecular complexity index is 809. The topological polar surface area (TPSA) is 60.2 Å². The second kappa shape index (κ2) is 6.08. The van der Waals surface area contributed by atoms with E-state index in [0.29, 0.717) is 11.6 Å². The normalized spacial score (nSPS) is 10.6. The fourth-order valence-corrected chi connectivity index (χ4v) is 2.42. The molecule has 0 aliphatic carbocycles. The summed E-state index contributed by atoms with van der Waals surface area (Å²) in [6.45, 7) is 3.73. The van der Waals surface area contributed by atoms with Crippen molar-refractivity contribution in [3.05, 3.63) is 53.8 Å². The molecule has 1 N–H and O–H groups in total. The van der Waals surface area contributed by atoms with Gasteiger partial charge < -0.3 is 14.6 Å².